The zero-order valence-corrected chi connectivity index (χ0v) is 8.61. The lowest BCUT2D eigenvalue weighted by Gasteiger charge is -2.40. The minimum atomic E-state index is -0.632. The molecule has 0 spiro atoms. The summed E-state index contributed by atoms with van der Waals surface area (Å²) in [7, 11) is 0. The van der Waals surface area contributed by atoms with E-state index in [2.05, 4.69) is 4.90 Å². The van der Waals surface area contributed by atoms with E-state index >= 15 is 0 Å². The van der Waals surface area contributed by atoms with Gasteiger partial charge in [0.15, 0.2) is 0 Å². The average molecular weight is 197 g/mol. The quantitative estimate of drug-likeness (QED) is 0.749. The van der Waals surface area contributed by atoms with Crippen molar-refractivity contribution in [2.75, 3.05) is 13.1 Å². The topological polar surface area (TPSA) is 40.5 Å². The van der Waals surface area contributed by atoms with Gasteiger partial charge in [0, 0.05) is 13.1 Å². The Morgan fingerprint density at radius 3 is 2.43 bits per heavy atom. The molecule has 1 aliphatic heterocycles. The highest BCUT2D eigenvalue weighted by molar-refractivity contribution is 5.74. The van der Waals surface area contributed by atoms with E-state index < -0.39 is 5.97 Å². The molecule has 3 nitrogen and oxygen atoms in total. The highest BCUT2D eigenvalue weighted by Gasteiger charge is 2.35. The Labute approximate surface area is 85.1 Å². The molecule has 0 aromatic rings. The Balaban J connectivity index is 1.76. The Morgan fingerprint density at radius 1 is 1.21 bits per heavy atom. The summed E-state index contributed by atoms with van der Waals surface area (Å²) in [5, 5.41) is 8.89. The van der Waals surface area contributed by atoms with Crippen molar-refractivity contribution >= 4 is 5.97 Å². The smallest absolute Gasteiger partial charge is 0.320 e. The Hall–Kier alpha value is -0.570. The summed E-state index contributed by atoms with van der Waals surface area (Å²) in [6.07, 6.45) is 7.53. The summed E-state index contributed by atoms with van der Waals surface area (Å²) >= 11 is 0. The third-order valence-corrected chi connectivity index (χ3v) is 3.63. The van der Waals surface area contributed by atoms with Gasteiger partial charge >= 0.3 is 5.97 Å². The fraction of sp³-hybridized carbons (Fsp3) is 0.909. The molecule has 1 saturated carbocycles. The van der Waals surface area contributed by atoms with Gasteiger partial charge in [-0.05, 0) is 25.2 Å². The predicted molar refractivity (Wildman–Crippen MR) is 54.2 cm³/mol. The van der Waals surface area contributed by atoms with Crippen molar-refractivity contribution in [3.63, 3.8) is 0 Å². The molecule has 0 bridgehead atoms. The largest absolute Gasteiger partial charge is 0.480 e. The van der Waals surface area contributed by atoms with Gasteiger partial charge in [-0.1, -0.05) is 19.3 Å². The van der Waals surface area contributed by atoms with Gasteiger partial charge < -0.3 is 5.11 Å². The summed E-state index contributed by atoms with van der Waals surface area (Å²) in [6.45, 7) is 2.02. The molecule has 1 heterocycles. The molecule has 1 atom stereocenters. The van der Waals surface area contributed by atoms with Gasteiger partial charge in [-0.25, -0.2) is 0 Å². The average Bonchev–Trinajstić information content (AvgIpc) is 2.13. The Kier molecular flexibility index (Phi) is 3.06. The Bertz CT molecular complexity index is 211. The Morgan fingerprint density at radius 2 is 1.93 bits per heavy atom. The normalized spacial score (nSPS) is 29.9. The van der Waals surface area contributed by atoms with Crippen molar-refractivity contribution < 1.29 is 9.90 Å². The molecule has 1 unspecified atom stereocenters. The maximum absolute atomic E-state index is 10.8. The van der Waals surface area contributed by atoms with Gasteiger partial charge in [0.1, 0.15) is 6.04 Å². The van der Waals surface area contributed by atoms with Crippen LogP contribution in [0.15, 0.2) is 0 Å². The van der Waals surface area contributed by atoms with Crippen molar-refractivity contribution in [2.45, 2.75) is 44.6 Å². The second-order valence-electron chi connectivity index (χ2n) is 4.64. The molecule has 0 radical (unpaired) electrons. The van der Waals surface area contributed by atoms with Crippen LogP contribution in [-0.2, 0) is 4.79 Å². The lowest BCUT2D eigenvalue weighted by molar-refractivity contribution is -0.148. The molecule has 2 aliphatic rings. The monoisotopic (exact) mass is 197 g/mol. The van der Waals surface area contributed by atoms with E-state index in [4.69, 9.17) is 5.11 Å². The van der Waals surface area contributed by atoms with Crippen molar-refractivity contribution in [3.05, 3.63) is 0 Å². The van der Waals surface area contributed by atoms with Crippen LogP contribution in [-0.4, -0.2) is 35.1 Å². The zero-order valence-electron chi connectivity index (χ0n) is 8.61. The first-order valence-electron chi connectivity index (χ1n) is 5.74. The minimum Gasteiger partial charge on any atom is -0.480 e. The van der Waals surface area contributed by atoms with Gasteiger partial charge in [-0.3, -0.25) is 9.69 Å². The van der Waals surface area contributed by atoms with Gasteiger partial charge in [0.05, 0.1) is 0 Å². The van der Waals surface area contributed by atoms with Crippen LogP contribution in [0.4, 0.5) is 0 Å². The molecule has 3 heteroatoms. The summed E-state index contributed by atoms with van der Waals surface area (Å²) in [5.41, 5.74) is 0. The number of rotatable bonds is 3. The number of likely N-dealkylation sites (tertiary alicyclic amines) is 1. The van der Waals surface area contributed by atoms with Gasteiger partial charge in [0.25, 0.3) is 0 Å². The second kappa shape index (κ2) is 4.30. The first-order chi connectivity index (χ1) is 6.77. The van der Waals surface area contributed by atoms with Crippen molar-refractivity contribution in [1.29, 1.82) is 0 Å². The molecular formula is C11H19NO2. The van der Waals surface area contributed by atoms with Gasteiger partial charge in [0.2, 0.25) is 0 Å². The van der Waals surface area contributed by atoms with Crippen LogP contribution in [0.2, 0.25) is 0 Å². The fourth-order valence-corrected chi connectivity index (χ4v) is 2.64. The van der Waals surface area contributed by atoms with Crippen molar-refractivity contribution in [1.82, 2.24) is 4.90 Å². The van der Waals surface area contributed by atoms with E-state index in [0.717, 1.165) is 25.4 Å². The van der Waals surface area contributed by atoms with Crippen LogP contribution >= 0.6 is 0 Å². The number of aliphatic carboxylic acids is 1. The third-order valence-electron chi connectivity index (χ3n) is 3.63. The summed E-state index contributed by atoms with van der Waals surface area (Å²) < 4.78 is 0. The molecule has 2 fully saturated rings. The first kappa shape index (κ1) is 9.97. The van der Waals surface area contributed by atoms with Crippen LogP contribution in [0.5, 0.6) is 0 Å². The molecule has 2 rings (SSSR count). The van der Waals surface area contributed by atoms with E-state index in [1.54, 1.807) is 0 Å². The first-order valence-corrected chi connectivity index (χ1v) is 5.74. The lowest BCUT2D eigenvalue weighted by atomic mass is 9.87. The molecule has 1 N–H and O–H groups in total. The predicted octanol–water partition coefficient (Wildman–Crippen LogP) is 1.73. The molecule has 0 amide bonds. The van der Waals surface area contributed by atoms with Crippen molar-refractivity contribution in [3.8, 4) is 0 Å². The molecule has 80 valence electrons. The van der Waals surface area contributed by atoms with Crippen LogP contribution in [0, 0.1) is 5.92 Å². The number of carboxylic acids is 1. The minimum absolute atomic E-state index is 0.170. The molecule has 1 aliphatic carbocycles. The van der Waals surface area contributed by atoms with Crippen molar-refractivity contribution in [2.24, 2.45) is 5.92 Å². The van der Waals surface area contributed by atoms with Crippen LogP contribution < -0.4 is 0 Å². The standard InChI is InChI=1S/C11H19NO2/c13-11(14)10-6-7-12(10)8-9-4-2-1-3-5-9/h9-10H,1-8H2,(H,13,14). The summed E-state index contributed by atoms with van der Waals surface area (Å²) in [4.78, 5) is 12.9. The summed E-state index contributed by atoms with van der Waals surface area (Å²) in [5.74, 6) is 0.137. The lowest BCUT2D eigenvalue weighted by Crippen LogP contribution is -2.53. The summed E-state index contributed by atoms with van der Waals surface area (Å²) in [6, 6.07) is -0.170. The van der Waals surface area contributed by atoms with E-state index in [9.17, 15) is 4.79 Å². The maximum Gasteiger partial charge on any atom is 0.320 e. The molecule has 0 aromatic carbocycles. The number of nitrogens with zero attached hydrogens (tertiary/aromatic N) is 1. The van der Waals surface area contributed by atoms with E-state index in [1.165, 1.54) is 32.1 Å². The van der Waals surface area contributed by atoms with Crippen LogP contribution in [0.25, 0.3) is 0 Å². The highest BCUT2D eigenvalue weighted by atomic mass is 16.4. The molecule has 14 heavy (non-hydrogen) atoms. The van der Waals surface area contributed by atoms with E-state index in [-0.39, 0.29) is 6.04 Å². The van der Waals surface area contributed by atoms with Crippen LogP contribution in [0.1, 0.15) is 38.5 Å². The van der Waals surface area contributed by atoms with Gasteiger partial charge in [-0.15, -0.1) is 0 Å². The highest BCUT2D eigenvalue weighted by Crippen LogP contribution is 2.27. The third kappa shape index (κ3) is 2.08. The SMILES string of the molecule is O=C(O)C1CCN1CC1CCCCC1. The number of carbonyl (C=O) groups is 1. The zero-order chi connectivity index (χ0) is 9.97. The second-order valence-corrected chi connectivity index (χ2v) is 4.64. The van der Waals surface area contributed by atoms with Crippen LogP contribution in [0.3, 0.4) is 0 Å². The number of hydrogen-bond donors (Lipinski definition) is 1. The maximum atomic E-state index is 10.8. The molecular weight excluding hydrogens is 178 g/mol. The van der Waals surface area contributed by atoms with E-state index in [1.807, 2.05) is 0 Å². The van der Waals surface area contributed by atoms with E-state index in [0.29, 0.717) is 0 Å². The number of hydrogen-bond acceptors (Lipinski definition) is 2. The molecule has 1 saturated heterocycles. The fourth-order valence-electron chi connectivity index (χ4n) is 2.64. The molecule has 0 aromatic heterocycles. The van der Waals surface area contributed by atoms with Gasteiger partial charge in [-0.2, -0.15) is 0 Å². The number of carboxylic acid groups (broad SMARTS) is 1.